The summed E-state index contributed by atoms with van der Waals surface area (Å²) in [6, 6.07) is 11.2. The molecule has 0 bridgehead atoms. The van der Waals surface area contributed by atoms with E-state index in [1.54, 1.807) is 17.0 Å². The van der Waals surface area contributed by atoms with Crippen LogP contribution in [0.25, 0.3) is 0 Å². The maximum Gasteiger partial charge on any atom is 0.339 e. The van der Waals surface area contributed by atoms with Crippen LogP contribution in [0.3, 0.4) is 0 Å². The summed E-state index contributed by atoms with van der Waals surface area (Å²) in [6.07, 6.45) is 4.50. The van der Waals surface area contributed by atoms with E-state index in [4.69, 9.17) is 4.74 Å². The van der Waals surface area contributed by atoms with E-state index in [-0.39, 0.29) is 28.1 Å². The molecule has 0 unspecified atom stereocenters. The van der Waals surface area contributed by atoms with Gasteiger partial charge in [-0.1, -0.05) is 24.3 Å². The Morgan fingerprint density at radius 3 is 2.51 bits per heavy atom. The molecule has 4 atom stereocenters. The number of non-ortho nitro benzene ring substituents is 1. The number of nitro benzene ring substituents is 1. The van der Waals surface area contributed by atoms with Crippen molar-refractivity contribution in [1.82, 2.24) is 4.90 Å². The van der Waals surface area contributed by atoms with E-state index in [9.17, 15) is 34.6 Å². The summed E-state index contributed by atoms with van der Waals surface area (Å²) in [5, 5.41) is 20.7. The zero-order valence-corrected chi connectivity index (χ0v) is 19.3. The third kappa shape index (κ3) is 3.58. The lowest BCUT2D eigenvalue weighted by Gasteiger charge is -2.32. The molecule has 5 rings (SSSR count). The van der Waals surface area contributed by atoms with Gasteiger partial charge in [-0.15, -0.1) is 0 Å². The number of carbonyl (C=O) groups excluding carboxylic acids is 4. The van der Waals surface area contributed by atoms with E-state index >= 15 is 0 Å². The number of hydrogen-bond donors (Lipinski definition) is 0. The molecule has 2 aromatic carbocycles. The fraction of sp³-hybridized carbons (Fsp3) is 0.192. The van der Waals surface area contributed by atoms with Crippen molar-refractivity contribution >= 4 is 34.9 Å². The van der Waals surface area contributed by atoms with E-state index in [1.807, 2.05) is 6.07 Å². The smallest absolute Gasteiger partial charge is 0.339 e. The molecular formula is C26H18N4O7. The van der Waals surface area contributed by atoms with Crippen LogP contribution in [-0.2, 0) is 14.3 Å². The molecule has 11 nitrogen and oxygen atoms in total. The fourth-order valence-corrected chi connectivity index (χ4v) is 5.25. The molecule has 2 saturated heterocycles. The Morgan fingerprint density at radius 1 is 1.08 bits per heavy atom. The predicted molar refractivity (Wildman–Crippen MR) is 127 cm³/mol. The number of ketones is 1. The predicted octanol–water partition coefficient (Wildman–Crippen LogP) is 2.40. The summed E-state index contributed by atoms with van der Waals surface area (Å²) in [6.45, 7) is 0. The van der Waals surface area contributed by atoms with Crippen LogP contribution in [0.15, 0.2) is 72.5 Å². The zero-order chi connectivity index (χ0) is 26.4. The van der Waals surface area contributed by atoms with Crippen LogP contribution in [0.2, 0.25) is 0 Å². The molecule has 2 aromatic rings. The fourth-order valence-electron chi connectivity index (χ4n) is 5.25. The topological polar surface area (TPSA) is 151 Å². The lowest BCUT2D eigenvalue weighted by Crippen LogP contribution is -2.46. The standard InChI is InChI=1S/C26H18N4O7/c1-37-26(34)17-7-2-3-8-18(17)29-24(32)20-19-11-14(13-27)9-10-28(19)22(21(20)25(29)33)23(31)15-5-4-6-16(12-15)30(35)36/h2-12,19-22H,1H3/t19-,20-,21-,22+/m1/s1. The highest BCUT2D eigenvalue weighted by Crippen LogP contribution is 2.47. The SMILES string of the molecule is COC(=O)c1ccccc1N1C(=O)[C@@H]2[C@H](C1=O)[C@H]1C=C(C#N)C=CN1[C@@H]2C(=O)c1cccc([N+](=O)[O-])c1. The van der Waals surface area contributed by atoms with Gasteiger partial charge < -0.3 is 9.64 Å². The number of fused-ring (bicyclic) bond motifs is 3. The second-order valence-electron chi connectivity index (χ2n) is 8.68. The van der Waals surface area contributed by atoms with Crippen molar-refractivity contribution in [1.29, 1.82) is 5.26 Å². The number of esters is 1. The maximum atomic E-state index is 13.8. The second-order valence-corrected chi connectivity index (χ2v) is 8.68. The van der Waals surface area contributed by atoms with Crippen molar-refractivity contribution in [2.45, 2.75) is 12.1 Å². The van der Waals surface area contributed by atoms with E-state index in [1.165, 1.54) is 55.8 Å². The van der Waals surface area contributed by atoms with Gasteiger partial charge in [0.15, 0.2) is 5.78 Å². The van der Waals surface area contributed by atoms with Crippen LogP contribution >= 0.6 is 0 Å². The molecule has 3 aliphatic heterocycles. The summed E-state index contributed by atoms with van der Waals surface area (Å²) in [5.74, 6) is -4.83. The minimum Gasteiger partial charge on any atom is -0.465 e. The Bertz CT molecular complexity index is 1490. The number of nitrogens with zero attached hydrogens (tertiary/aromatic N) is 4. The van der Waals surface area contributed by atoms with Gasteiger partial charge in [-0.3, -0.25) is 24.5 Å². The number of rotatable bonds is 5. The Balaban J connectivity index is 1.63. The van der Waals surface area contributed by atoms with Gasteiger partial charge in [-0.05, 0) is 24.3 Å². The van der Waals surface area contributed by atoms with Crippen molar-refractivity contribution in [3.63, 3.8) is 0 Å². The number of nitriles is 1. The number of methoxy groups -OCH3 is 1. The molecule has 0 saturated carbocycles. The third-order valence-corrected chi connectivity index (χ3v) is 6.84. The molecule has 184 valence electrons. The molecule has 0 radical (unpaired) electrons. The van der Waals surface area contributed by atoms with Crippen molar-refractivity contribution in [3.05, 3.63) is 93.7 Å². The molecule has 3 heterocycles. The molecule has 11 heteroatoms. The summed E-state index contributed by atoms with van der Waals surface area (Å²) < 4.78 is 4.80. The highest BCUT2D eigenvalue weighted by molar-refractivity contribution is 6.26. The van der Waals surface area contributed by atoms with Crippen LogP contribution in [0.5, 0.6) is 0 Å². The number of ether oxygens (including phenoxy) is 1. The van der Waals surface area contributed by atoms with Crippen LogP contribution in [0.4, 0.5) is 11.4 Å². The van der Waals surface area contributed by atoms with Crippen molar-refractivity contribution < 1.29 is 28.8 Å². The van der Waals surface area contributed by atoms with Crippen molar-refractivity contribution in [2.75, 3.05) is 12.0 Å². The number of anilines is 1. The number of allylic oxidation sites excluding steroid dienone is 2. The highest BCUT2D eigenvalue weighted by atomic mass is 16.6. The first-order chi connectivity index (χ1) is 17.8. The monoisotopic (exact) mass is 498 g/mol. The highest BCUT2D eigenvalue weighted by Gasteiger charge is 2.63. The maximum absolute atomic E-state index is 13.8. The van der Waals surface area contributed by atoms with E-state index in [2.05, 4.69) is 0 Å². The molecule has 0 aliphatic carbocycles. The Hall–Kier alpha value is -5.11. The lowest BCUT2D eigenvalue weighted by atomic mass is 9.86. The zero-order valence-electron chi connectivity index (χ0n) is 19.3. The second kappa shape index (κ2) is 8.83. The average molecular weight is 498 g/mol. The summed E-state index contributed by atoms with van der Waals surface area (Å²) in [7, 11) is 1.18. The lowest BCUT2D eigenvalue weighted by molar-refractivity contribution is -0.384. The molecular weight excluding hydrogens is 480 g/mol. The molecule has 2 fully saturated rings. The Morgan fingerprint density at radius 2 is 1.81 bits per heavy atom. The number of para-hydroxylation sites is 1. The molecule has 0 spiro atoms. The minimum absolute atomic E-state index is 0.00175. The summed E-state index contributed by atoms with van der Waals surface area (Å²) >= 11 is 0. The van der Waals surface area contributed by atoms with Gasteiger partial charge in [0, 0.05) is 23.9 Å². The van der Waals surface area contributed by atoms with Gasteiger partial charge >= 0.3 is 5.97 Å². The van der Waals surface area contributed by atoms with Gasteiger partial charge in [0.1, 0.15) is 6.04 Å². The van der Waals surface area contributed by atoms with Crippen LogP contribution in [0, 0.1) is 33.3 Å². The Kier molecular flexibility index (Phi) is 5.64. The van der Waals surface area contributed by atoms with E-state index in [0.29, 0.717) is 0 Å². The number of nitro groups is 1. The van der Waals surface area contributed by atoms with Gasteiger partial charge in [-0.25, -0.2) is 9.69 Å². The van der Waals surface area contributed by atoms with Gasteiger partial charge in [0.05, 0.1) is 52.8 Å². The summed E-state index contributed by atoms with van der Waals surface area (Å²) in [5.41, 5.74) is 0.0117. The third-order valence-electron chi connectivity index (χ3n) is 6.84. The molecule has 2 amide bonds. The number of imide groups is 1. The average Bonchev–Trinajstić information content (AvgIpc) is 3.39. The van der Waals surface area contributed by atoms with Crippen molar-refractivity contribution in [3.8, 4) is 6.07 Å². The largest absolute Gasteiger partial charge is 0.465 e. The number of Topliss-reactive ketones (excluding diaryl/α,β-unsaturated/α-hetero) is 1. The van der Waals surface area contributed by atoms with Crippen LogP contribution < -0.4 is 4.90 Å². The number of carbonyl (C=O) groups is 4. The quantitative estimate of drug-likeness (QED) is 0.199. The van der Waals surface area contributed by atoms with Crippen molar-refractivity contribution in [2.24, 2.45) is 11.8 Å². The van der Waals surface area contributed by atoms with Crippen LogP contribution in [0.1, 0.15) is 20.7 Å². The first-order valence-electron chi connectivity index (χ1n) is 11.2. The Labute approximate surface area is 210 Å². The normalized spacial score (nSPS) is 23.7. The number of amides is 2. The minimum atomic E-state index is -1.17. The molecule has 3 aliphatic rings. The van der Waals surface area contributed by atoms with Gasteiger partial charge in [0.25, 0.3) is 5.69 Å². The first-order valence-corrected chi connectivity index (χ1v) is 11.2. The molecule has 37 heavy (non-hydrogen) atoms. The summed E-state index contributed by atoms with van der Waals surface area (Å²) in [4.78, 5) is 66.8. The van der Waals surface area contributed by atoms with Crippen LogP contribution in [-0.4, -0.2) is 52.6 Å². The molecule has 0 N–H and O–H groups in total. The molecule has 0 aromatic heterocycles. The van der Waals surface area contributed by atoms with E-state index < -0.39 is 52.4 Å². The van der Waals surface area contributed by atoms with Gasteiger partial charge in [0.2, 0.25) is 11.8 Å². The first kappa shape index (κ1) is 23.6. The number of hydrogen-bond acceptors (Lipinski definition) is 9. The number of benzene rings is 2. The van der Waals surface area contributed by atoms with E-state index in [0.717, 1.165) is 11.0 Å². The van der Waals surface area contributed by atoms with Gasteiger partial charge in [-0.2, -0.15) is 5.26 Å².